The van der Waals surface area contributed by atoms with Crippen LogP contribution in [0.1, 0.15) is 155 Å². The predicted octanol–water partition coefficient (Wildman–Crippen LogP) is 9.31. The van der Waals surface area contributed by atoms with E-state index in [1.165, 1.54) is 128 Å². The Kier molecular flexibility index (Phi) is 22.7. The Labute approximate surface area is 191 Å². The van der Waals surface area contributed by atoms with E-state index in [1.54, 1.807) is 4.90 Å². The minimum Gasteiger partial charge on any atom is -0.349 e. The Morgan fingerprint density at radius 2 is 0.900 bits per heavy atom. The van der Waals surface area contributed by atoms with E-state index in [1.807, 2.05) is 14.1 Å². The topological polar surface area (TPSA) is 20.3 Å². The smallest absolute Gasteiger partial charge is 0.222 e. The molecule has 0 bridgehead atoms. The lowest BCUT2D eigenvalue weighted by atomic mass is 9.96. The monoisotopic (exact) mass is 423 g/mol. The summed E-state index contributed by atoms with van der Waals surface area (Å²) in [4.78, 5) is 13.2. The maximum atomic E-state index is 11.5. The summed E-state index contributed by atoms with van der Waals surface area (Å²) < 4.78 is 0. The van der Waals surface area contributed by atoms with E-state index in [0.29, 0.717) is 0 Å². The molecule has 30 heavy (non-hydrogen) atoms. The van der Waals surface area contributed by atoms with Gasteiger partial charge in [-0.25, -0.2) is 0 Å². The van der Waals surface area contributed by atoms with Gasteiger partial charge in [0.05, 0.1) is 0 Å². The minimum absolute atomic E-state index is 0.276. The second-order valence-corrected chi connectivity index (χ2v) is 10.1. The standard InChI is InChI=1S/C28H57NO/c1-5-6-7-8-18-21-24-27(2)25-22-19-16-14-12-10-9-11-13-15-17-20-23-26-28(30)29(3)4/h27H,5-26H2,1-4H3. The Morgan fingerprint density at radius 3 is 1.27 bits per heavy atom. The van der Waals surface area contributed by atoms with Crippen LogP contribution in [0.4, 0.5) is 0 Å². The van der Waals surface area contributed by atoms with Gasteiger partial charge >= 0.3 is 0 Å². The molecule has 180 valence electrons. The summed E-state index contributed by atoms with van der Waals surface area (Å²) in [7, 11) is 3.70. The SMILES string of the molecule is CCCCCCCCC(C)CCCCCCCCCCCCCCCC(=O)N(C)C. The zero-order valence-electron chi connectivity index (χ0n) is 21.5. The van der Waals surface area contributed by atoms with Gasteiger partial charge in [0.2, 0.25) is 5.91 Å². The van der Waals surface area contributed by atoms with Crippen molar-refractivity contribution in [1.29, 1.82) is 0 Å². The predicted molar refractivity (Wildman–Crippen MR) is 135 cm³/mol. The van der Waals surface area contributed by atoms with E-state index in [0.717, 1.165) is 18.8 Å². The lowest BCUT2D eigenvalue weighted by molar-refractivity contribution is -0.128. The highest BCUT2D eigenvalue weighted by Crippen LogP contribution is 2.19. The average Bonchev–Trinajstić information content (AvgIpc) is 2.73. The Hall–Kier alpha value is -0.530. The first-order valence-corrected chi connectivity index (χ1v) is 13.8. The van der Waals surface area contributed by atoms with Crippen LogP contribution < -0.4 is 0 Å². The van der Waals surface area contributed by atoms with E-state index >= 15 is 0 Å². The summed E-state index contributed by atoms with van der Waals surface area (Å²) in [6.07, 6.45) is 30.1. The minimum atomic E-state index is 0.276. The zero-order chi connectivity index (χ0) is 22.3. The fourth-order valence-electron chi connectivity index (χ4n) is 4.35. The first-order chi connectivity index (χ1) is 14.6. The number of rotatable bonds is 23. The highest BCUT2D eigenvalue weighted by atomic mass is 16.2. The molecule has 1 unspecified atom stereocenters. The maximum absolute atomic E-state index is 11.5. The Morgan fingerprint density at radius 1 is 0.567 bits per heavy atom. The summed E-state index contributed by atoms with van der Waals surface area (Å²) >= 11 is 0. The largest absolute Gasteiger partial charge is 0.349 e. The number of hydrogen-bond acceptors (Lipinski definition) is 1. The van der Waals surface area contributed by atoms with Crippen molar-refractivity contribution < 1.29 is 4.79 Å². The molecule has 0 aromatic carbocycles. The summed E-state index contributed by atoms with van der Waals surface area (Å²) in [6, 6.07) is 0. The van der Waals surface area contributed by atoms with Crippen molar-refractivity contribution in [2.75, 3.05) is 14.1 Å². The first kappa shape index (κ1) is 29.5. The molecule has 0 fully saturated rings. The molecule has 0 aromatic rings. The number of hydrogen-bond donors (Lipinski definition) is 0. The molecule has 2 nitrogen and oxygen atoms in total. The lowest BCUT2D eigenvalue weighted by Crippen LogP contribution is -2.20. The molecule has 1 atom stereocenters. The molecule has 1 amide bonds. The van der Waals surface area contributed by atoms with Gasteiger partial charge in [-0.1, -0.05) is 142 Å². The summed E-state index contributed by atoms with van der Waals surface area (Å²) in [6.45, 7) is 4.76. The van der Waals surface area contributed by atoms with E-state index < -0.39 is 0 Å². The molecule has 0 spiro atoms. The number of carbonyl (C=O) groups excluding carboxylic acids is 1. The van der Waals surface area contributed by atoms with Crippen molar-refractivity contribution in [3.8, 4) is 0 Å². The van der Waals surface area contributed by atoms with Crippen LogP contribution in [0.5, 0.6) is 0 Å². The van der Waals surface area contributed by atoms with Crippen LogP contribution in [0.25, 0.3) is 0 Å². The van der Waals surface area contributed by atoms with Gasteiger partial charge < -0.3 is 4.90 Å². The first-order valence-electron chi connectivity index (χ1n) is 13.8. The third-order valence-electron chi connectivity index (χ3n) is 6.64. The molecular weight excluding hydrogens is 366 g/mol. The second-order valence-electron chi connectivity index (χ2n) is 10.1. The van der Waals surface area contributed by atoms with Crippen molar-refractivity contribution in [1.82, 2.24) is 4.90 Å². The summed E-state index contributed by atoms with van der Waals surface area (Å²) in [5.74, 6) is 1.22. The lowest BCUT2D eigenvalue weighted by Gasteiger charge is -2.11. The molecule has 2 heteroatoms. The van der Waals surface area contributed by atoms with Crippen molar-refractivity contribution in [2.24, 2.45) is 5.92 Å². The van der Waals surface area contributed by atoms with Crippen LogP contribution in [0.3, 0.4) is 0 Å². The highest BCUT2D eigenvalue weighted by molar-refractivity contribution is 5.75. The third-order valence-corrected chi connectivity index (χ3v) is 6.64. The fourth-order valence-corrected chi connectivity index (χ4v) is 4.35. The number of carbonyl (C=O) groups is 1. The van der Waals surface area contributed by atoms with Crippen LogP contribution in [-0.2, 0) is 4.79 Å². The molecule has 0 heterocycles. The maximum Gasteiger partial charge on any atom is 0.222 e. The van der Waals surface area contributed by atoms with Crippen molar-refractivity contribution >= 4 is 5.91 Å². The van der Waals surface area contributed by atoms with Crippen LogP contribution in [0, 0.1) is 5.92 Å². The molecule has 0 aliphatic carbocycles. The quantitative estimate of drug-likeness (QED) is 0.150. The van der Waals surface area contributed by atoms with Crippen LogP contribution in [0.2, 0.25) is 0 Å². The van der Waals surface area contributed by atoms with Crippen LogP contribution >= 0.6 is 0 Å². The number of unbranched alkanes of at least 4 members (excludes halogenated alkanes) is 17. The molecule has 0 rings (SSSR count). The van der Waals surface area contributed by atoms with Gasteiger partial charge in [0, 0.05) is 20.5 Å². The van der Waals surface area contributed by atoms with Gasteiger partial charge in [0.15, 0.2) is 0 Å². The van der Waals surface area contributed by atoms with Gasteiger partial charge in [-0.2, -0.15) is 0 Å². The zero-order valence-corrected chi connectivity index (χ0v) is 21.5. The summed E-state index contributed by atoms with van der Waals surface area (Å²) in [5, 5.41) is 0. The van der Waals surface area contributed by atoms with E-state index in [-0.39, 0.29) is 5.91 Å². The molecule has 0 aromatic heterocycles. The number of nitrogens with zero attached hydrogens (tertiary/aromatic N) is 1. The van der Waals surface area contributed by atoms with Crippen molar-refractivity contribution in [3.63, 3.8) is 0 Å². The van der Waals surface area contributed by atoms with Gasteiger partial charge in [-0.05, 0) is 12.3 Å². The molecule has 0 radical (unpaired) electrons. The van der Waals surface area contributed by atoms with Gasteiger partial charge in [-0.15, -0.1) is 0 Å². The molecule has 0 N–H and O–H groups in total. The van der Waals surface area contributed by atoms with Gasteiger partial charge in [0.1, 0.15) is 0 Å². The van der Waals surface area contributed by atoms with E-state index in [9.17, 15) is 4.79 Å². The Bertz CT molecular complexity index is 353. The molecule has 0 aliphatic rings. The van der Waals surface area contributed by atoms with E-state index in [2.05, 4.69) is 13.8 Å². The van der Waals surface area contributed by atoms with Crippen molar-refractivity contribution in [2.45, 2.75) is 155 Å². The molecule has 0 saturated carbocycles. The average molecular weight is 424 g/mol. The molecular formula is C28H57NO. The van der Waals surface area contributed by atoms with Crippen LogP contribution in [0.15, 0.2) is 0 Å². The van der Waals surface area contributed by atoms with Gasteiger partial charge in [-0.3, -0.25) is 4.79 Å². The number of amides is 1. The normalized spacial score (nSPS) is 12.3. The highest BCUT2D eigenvalue weighted by Gasteiger charge is 2.03. The Balaban J connectivity index is 3.16. The fraction of sp³-hybridized carbons (Fsp3) is 0.964. The van der Waals surface area contributed by atoms with Crippen molar-refractivity contribution in [3.05, 3.63) is 0 Å². The third kappa shape index (κ3) is 22.2. The summed E-state index contributed by atoms with van der Waals surface area (Å²) in [5.41, 5.74) is 0. The second kappa shape index (κ2) is 23.1. The molecule has 0 saturated heterocycles. The van der Waals surface area contributed by atoms with E-state index in [4.69, 9.17) is 0 Å². The van der Waals surface area contributed by atoms with Crippen LogP contribution in [-0.4, -0.2) is 24.9 Å². The molecule has 0 aliphatic heterocycles. The van der Waals surface area contributed by atoms with Gasteiger partial charge in [0.25, 0.3) is 0 Å².